The Morgan fingerprint density at radius 3 is 2.91 bits per heavy atom. The SMILES string of the molecule is Cc1cccc(OCCCCn2c(CCNC(=O)C3CCCO3)nc3ccccc32)c1C. The second-order valence-corrected chi connectivity index (χ2v) is 8.46. The van der Waals surface area contributed by atoms with Crippen LogP contribution >= 0.6 is 0 Å². The molecule has 0 radical (unpaired) electrons. The summed E-state index contributed by atoms with van der Waals surface area (Å²) in [5.74, 6) is 1.98. The molecule has 1 fully saturated rings. The van der Waals surface area contributed by atoms with Crippen LogP contribution in [0.1, 0.15) is 42.6 Å². The molecule has 32 heavy (non-hydrogen) atoms. The lowest BCUT2D eigenvalue weighted by Crippen LogP contribution is -2.35. The van der Waals surface area contributed by atoms with E-state index in [0.29, 0.717) is 26.2 Å². The van der Waals surface area contributed by atoms with E-state index in [4.69, 9.17) is 14.5 Å². The van der Waals surface area contributed by atoms with Crippen molar-refractivity contribution in [3.63, 3.8) is 0 Å². The van der Waals surface area contributed by atoms with Gasteiger partial charge in [-0.1, -0.05) is 24.3 Å². The lowest BCUT2D eigenvalue weighted by Gasteiger charge is -2.13. The van der Waals surface area contributed by atoms with Crippen molar-refractivity contribution in [1.82, 2.24) is 14.9 Å². The van der Waals surface area contributed by atoms with Gasteiger partial charge in [0.2, 0.25) is 5.91 Å². The Hall–Kier alpha value is -2.86. The summed E-state index contributed by atoms with van der Waals surface area (Å²) < 4.78 is 13.8. The molecule has 1 aliphatic heterocycles. The zero-order chi connectivity index (χ0) is 22.3. The number of benzene rings is 2. The highest BCUT2D eigenvalue weighted by Crippen LogP contribution is 2.21. The monoisotopic (exact) mass is 435 g/mol. The molecule has 1 saturated heterocycles. The fraction of sp³-hybridized carbons (Fsp3) is 0.462. The van der Waals surface area contributed by atoms with Crippen LogP contribution < -0.4 is 10.1 Å². The van der Waals surface area contributed by atoms with Crippen LogP contribution in [0.5, 0.6) is 5.75 Å². The number of ether oxygens (including phenoxy) is 2. The Kier molecular flexibility index (Phi) is 7.43. The molecule has 1 N–H and O–H groups in total. The van der Waals surface area contributed by atoms with E-state index in [9.17, 15) is 4.79 Å². The van der Waals surface area contributed by atoms with Gasteiger partial charge in [-0.2, -0.15) is 0 Å². The van der Waals surface area contributed by atoms with Crippen LogP contribution in [0, 0.1) is 13.8 Å². The number of rotatable bonds is 10. The third-order valence-corrected chi connectivity index (χ3v) is 6.19. The smallest absolute Gasteiger partial charge is 0.249 e. The molecule has 2 aromatic carbocycles. The molecule has 6 nitrogen and oxygen atoms in total. The van der Waals surface area contributed by atoms with E-state index in [2.05, 4.69) is 35.9 Å². The Balaban J connectivity index is 1.31. The number of carbonyl (C=O) groups excluding carboxylic acids is 1. The number of nitrogens with one attached hydrogen (secondary N) is 1. The Morgan fingerprint density at radius 2 is 2.06 bits per heavy atom. The van der Waals surface area contributed by atoms with E-state index in [-0.39, 0.29) is 12.0 Å². The molecule has 3 aromatic rings. The molecule has 0 saturated carbocycles. The zero-order valence-electron chi connectivity index (χ0n) is 19.1. The van der Waals surface area contributed by atoms with Crippen LogP contribution in [0.3, 0.4) is 0 Å². The van der Waals surface area contributed by atoms with Crippen molar-refractivity contribution in [2.24, 2.45) is 0 Å². The largest absolute Gasteiger partial charge is 0.493 e. The van der Waals surface area contributed by atoms with E-state index in [1.807, 2.05) is 30.3 Å². The van der Waals surface area contributed by atoms with Crippen molar-refractivity contribution < 1.29 is 14.3 Å². The summed E-state index contributed by atoms with van der Waals surface area (Å²) in [6.45, 7) is 7.04. The van der Waals surface area contributed by atoms with Crippen LogP contribution in [0.2, 0.25) is 0 Å². The summed E-state index contributed by atoms with van der Waals surface area (Å²) in [6.07, 6.45) is 4.16. The van der Waals surface area contributed by atoms with Crippen LogP contribution in [0.4, 0.5) is 0 Å². The third-order valence-electron chi connectivity index (χ3n) is 6.19. The highest BCUT2D eigenvalue weighted by molar-refractivity contribution is 5.81. The van der Waals surface area contributed by atoms with Gasteiger partial charge in [0.1, 0.15) is 17.7 Å². The normalized spacial score (nSPS) is 15.9. The van der Waals surface area contributed by atoms with Crippen molar-refractivity contribution in [3.05, 3.63) is 59.4 Å². The Labute approximate surface area is 189 Å². The summed E-state index contributed by atoms with van der Waals surface area (Å²) in [5, 5.41) is 3.01. The first-order chi connectivity index (χ1) is 15.6. The number of unbranched alkanes of at least 4 members (excludes halogenated alkanes) is 1. The van der Waals surface area contributed by atoms with Gasteiger partial charge in [0, 0.05) is 26.1 Å². The van der Waals surface area contributed by atoms with E-state index >= 15 is 0 Å². The van der Waals surface area contributed by atoms with Crippen LogP contribution in [0.15, 0.2) is 42.5 Å². The maximum absolute atomic E-state index is 12.2. The van der Waals surface area contributed by atoms with Crippen LogP contribution in [-0.2, 0) is 22.5 Å². The highest BCUT2D eigenvalue weighted by atomic mass is 16.5. The van der Waals surface area contributed by atoms with Crippen molar-refractivity contribution >= 4 is 16.9 Å². The third kappa shape index (κ3) is 5.30. The number of hydrogen-bond donors (Lipinski definition) is 1. The van der Waals surface area contributed by atoms with Gasteiger partial charge in [-0.3, -0.25) is 4.79 Å². The fourth-order valence-corrected chi connectivity index (χ4v) is 4.20. The number of aromatic nitrogens is 2. The number of para-hydroxylation sites is 2. The van der Waals surface area contributed by atoms with Gasteiger partial charge in [0.25, 0.3) is 0 Å². The van der Waals surface area contributed by atoms with Crippen molar-refractivity contribution in [3.8, 4) is 5.75 Å². The Bertz CT molecular complexity index is 1050. The topological polar surface area (TPSA) is 65.4 Å². The maximum atomic E-state index is 12.2. The first-order valence-electron chi connectivity index (χ1n) is 11.7. The fourth-order valence-electron chi connectivity index (χ4n) is 4.20. The van der Waals surface area contributed by atoms with Crippen LogP contribution in [-0.4, -0.2) is 41.3 Å². The molecule has 170 valence electrons. The van der Waals surface area contributed by atoms with E-state index in [0.717, 1.165) is 54.8 Å². The predicted molar refractivity (Wildman–Crippen MR) is 126 cm³/mol. The molecule has 0 aliphatic carbocycles. The maximum Gasteiger partial charge on any atom is 0.249 e. The summed E-state index contributed by atoms with van der Waals surface area (Å²) in [7, 11) is 0. The lowest BCUT2D eigenvalue weighted by atomic mass is 10.1. The predicted octanol–water partition coefficient (Wildman–Crippen LogP) is 4.35. The van der Waals surface area contributed by atoms with Gasteiger partial charge in [-0.25, -0.2) is 4.98 Å². The summed E-state index contributed by atoms with van der Waals surface area (Å²) >= 11 is 0. The van der Waals surface area contributed by atoms with Gasteiger partial charge in [0.05, 0.1) is 17.6 Å². The standard InChI is InChI=1S/C26H33N3O3/c1-19-9-7-12-23(20(19)2)31-17-6-5-16-29-22-11-4-3-10-21(22)28-25(29)14-15-27-26(30)24-13-8-18-32-24/h3-4,7,9-12,24H,5-6,8,13-18H2,1-2H3,(H,27,30). The number of imidazole rings is 1. The Morgan fingerprint density at radius 1 is 1.19 bits per heavy atom. The molecule has 0 bridgehead atoms. The molecular weight excluding hydrogens is 402 g/mol. The summed E-state index contributed by atoms with van der Waals surface area (Å²) in [4.78, 5) is 17.0. The molecule has 1 unspecified atom stereocenters. The highest BCUT2D eigenvalue weighted by Gasteiger charge is 2.23. The number of nitrogens with zero attached hydrogens (tertiary/aromatic N) is 2. The first-order valence-corrected chi connectivity index (χ1v) is 11.7. The number of aryl methyl sites for hydroxylation is 2. The molecule has 2 heterocycles. The zero-order valence-corrected chi connectivity index (χ0v) is 19.1. The minimum atomic E-state index is -0.286. The summed E-state index contributed by atoms with van der Waals surface area (Å²) in [6, 6.07) is 14.4. The minimum absolute atomic E-state index is 0.00579. The van der Waals surface area contributed by atoms with Crippen LogP contribution in [0.25, 0.3) is 11.0 Å². The average molecular weight is 436 g/mol. The second-order valence-electron chi connectivity index (χ2n) is 8.46. The molecule has 0 spiro atoms. The van der Waals surface area contributed by atoms with E-state index < -0.39 is 0 Å². The number of hydrogen-bond acceptors (Lipinski definition) is 4. The lowest BCUT2D eigenvalue weighted by molar-refractivity contribution is -0.130. The first kappa shape index (κ1) is 22.3. The van der Waals surface area contributed by atoms with E-state index in [1.54, 1.807) is 0 Å². The van der Waals surface area contributed by atoms with Crippen molar-refractivity contribution in [2.45, 2.75) is 58.6 Å². The molecule has 1 aliphatic rings. The molecular formula is C26H33N3O3. The van der Waals surface area contributed by atoms with Crippen molar-refractivity contribution in [2.75, 3.05) is 19.8 Å². The van der Waals surface area contributed by atoms with Crippen molar-refractivity contribution in [1.29, 1.82) is 0 Å². The van der Waals surface area contributed by atoms with Gasteiger partial charge in [-0.05, 0) is 68.9 Å². The molecule has 1 aromatic heterocycles. The van der Waals surface area contributed by atoms with Gasteiger partial charge in [0.15, 0.2) is 0 Å². The van der Waals surface area contributed by atoms with Gasteiger partial charge in [-0.15, -0.1) is 0 Å². The van der Waals surface area contributed by atoms with Gasteiger partial charge >= 0.3 is 0 Å². The minimum Gasteiger partial charge on any atom is -0.493 e. The molecule has 4 rings (SSSR count). The molecule has 1 amide bonds. The molecule has 1 atom stereocenters. The second kappa shape index (κ2) is 10.6. The number of carbonyl (C=O) groups is 1. The quantitative estimate of drug-likeness (QED) is 0.481. The number of fused-ring (bicyclic) bond motifs is 1. The van der Waals surface area contributed by atoms with Gasteiger partial charge < -0.3 is 19.4 Å². The summed E-state index contributed by atoms with van der Waals surface area (Å²) in [5.41, 5.74) is 4.60. The number of amides is 1. The van der Waals surface area contributed by atoms with E-state index in [1.165, 1.54) is 11.1 Å². The average Bonchev–Trinajstić information content (AvgIpc) is 3.45. The molecule has 6 heteroatoms.